The third kappa shape index (κ3) is 2.96. The highest BCUT2D eigenvalue weighted by Crippen LogP contribution is 2.40. The molecule has 1 aromatic rings. The van der Waals surface area contributed by atoms with Gasteiger partial charge in [0.25, 0.3) is 0 Å². The number of benzene rings is 1. The minimum Gasteiger partial charge on any atom is -0.388 e. The summed E-state index contributed by atoms with van der Waals surface area (Å²) in [5.74, 6) is 2.80. The standard InChI is InChI=1S/C13H18OS2/c1-10(13-15-8-5-9-16-13)12(14)11-6-3-2-4-7-11/h2-4,6-7,10,12-14H,5,8-9H2,1H3/t10-,12-/m0/s1. The molecule has 88 valence electrons. The minimum atomic E-state index is -0.329. The van der Waals surface area contributed by atoms with Gasteiger partial charge < -0.3 is 5.11 Å². The second kappa shape index (κ2) is 5.99. The fraction of sp³-hybridized carbons (Fsp3) is 0.538. The molecule has 1 heterocycles. The number of hydrogen-bond acceptors (Lipinski definition) is 3. The fourth-order valence-corrected chi connectivity index (χ4v) is 5.05. The molecule has 1 saturated heterocycles. The molecule has 0 spiro atoms. The molecule has 0 bridgehead atoms. The highest BCUT2D eigenvalue weighted by Gasteiger charge is 2.27. The molecule has 3 heteroatoms. The third-order valence-corrected chi connectivity index (χ3v) is 6.30. The third-order valence-electron chi connectivity index (χ3n) is 2.92. The van der Waals surface area contributed by atoms with Crippen molar-refractivity contribution in [1.82, 2.24) is 0 Å². The molecule has 1 aliphatic heterocycles. The van der Waals surface area contributed by atoms with Crippen LogP contribution >= 0.6 is 23.5 Å². The van der Waals surface area contributed by atoms with E-state index >= 15 is 0 Å². The quantitative estimate of drug-likeness (QED) is 0.891. The molecule has 0 aliphatic carbocycles. The monoisotopic (exact) mass is 254 g/mol. The van der Waals surface area contributed by atoms with Gasteiger partial charge in [0.2, 0.25) is 0 Å². The topological polar surface area (TPSA) is 20.2 Å². The first-order valence-electron chi connectivity index (χ1n) is 5.75. The van der Waals surface area contributed by atoms with Gasteiger partial charge in [0.15, 0.2) is 0 Å². The minimum absolute atomic E-state index is 0.317. The maximum Gasteiger partial charge on any atom is 0.0834 e. The second-order valence-electron chi connectivity index (χ2n) is 4.18. The molecule has 1 N–H and O–H groups in total. The number of aliphatic hydroxyl groups excluding tert-OH is 1. The van der Waals surface area contributed by atoms with Gasteiger partial charge in [0.05, 0.1) is 10.7 Å². The van der Waals surface area contributed by atoms with Crippen molar-refractivity contribution < 1.29 is 5.11 Å². The predicted molar refractivity (Wildman–Crippen MR) is 73.9 cm³/mol. The van der Waals surface area contributed by atoms with Crippen LogP contribution in [0.1, 0.15) is 25.0 Å². The number of aliphatic hydroxyl groups is 1. The summed E-state index contributed by atoms with van der Waals surface area (Å²) in [6.45, 7) is 2.16. The summed E-state index contributed by atoms with van der Waals surface area (Å²) < 4.78 is 0.545. The zero-order chi connectivity index (χ0) is 11.4. The van der Waals surface area contributed by atoms with Crippen molar-refractivity contribution in [2.24, 2.45) is 5.92 Å². The summed E-state index contributed by atoms with van der Waals surface area (Å²) in [4.78, 5) is 0. The molecule has 0 aromatic heterocycles. The van der Waals surface area contributed by atoms with E-state index in [2.05, 4.69) is 6.92 Å². The van der Waals surface area contributed by atoms with Crippen LogP contribution in [0.2, 0.25) is 0 Å². The lowest BCUT2D eigenvalue weighted by molar-refractivity contribution is 0.125. The molecule has 0 unspecified atom stereocenters. The molecule has 16 heavy (non-hydrogen) atoms. The molecule has 0 radical (unpaired) electrons. The lowest BCUT2D eigenvalue weighted by atomic mass is 9.99. The van der Waals surface area contributed by atoms with Crippen LogP contribution in [0, 0.1) is 5.92 Å². The molecule has 0 amide bonds. The molecule has 2 rings (SSSR count). The van der Waals surface area contributed by atoms with E-state index in [1.807, 2.05) is 53.9 Å². The van der Waals surface area contributed by atoms with Crippen molar-refractivity contribution in [2.75, 3.05) is 11.5 Å². The van der Waals surface area contributed by atoms with Gasteiger partial charge in [0.1, 0.15) is 0 Å². The normalized spacial score (nSPS) is 21.6. The van der Waals surface area contributed by atoms with E-state index in [9.17, 15) is 5.11 Å². The summed E-state index contributed by atoms with van der Waals surface area (Å²) in [7, 11) is 0. The largest absolute Gasteiger partial charge is 0.388 e. The Bertz CT molecular complexity index is 309. The molecule has 1 fully saturated rings. The van der Waals surface area contributed by atoms with E-state index in [0.29, 0.717) is 10.5 Å². The maximum atomic E-state index is 10.3. The first-order chi connectivity index (χ1) is 7.79. The summed E-state index contributed by atoms with van der Waals surface area (Å²) in [5.41, 5.74) is 1.04. The molecular weight excluding hydrogens is 236 g/mol. The molecular formula is C13H18OS2. The zero-order valence-corrected chi connectivity index (χ0v) is 11.1. The van der Waals surface area contributed by atoms with Crippen LogP contribution in [0.3, 0.4) is 0 Å². The van der Waals surface area contributed by atoms with Crippen molar-refractivity contribution in [3.05, 3.63) is 35.9 Å². The SMILES string of the molecule is C[C@H](C1SCCCS1)[C@H](O)c1ccccc1. The Labute approximate surface area is 106 Å². The molecule has 1 aromatic carbocycles. The Kier molecular flexibility index (Phi) is 4.62. The Hall–Kier alpha value is -0.120. The predicted octanol–water partition coefficient (Wildman–Crippen LogP) is 3.55. The van der Waals surface area contributed by atoms with E-state index in [4.69, 9.17) is 0 Å². The van der Waals surface area contributed by atoms with Gasteiger partial charge in [0, 0.05) is 5.92 Å². The van der Waals surface area contributed by atoms with Gasteiger partial charge in [-0.3, -0.25) is 0 Å². The number of thioether (sulfide) groups is 2. The second-order valence-corrected chi connectivity index (χ2v) is 6.98. The van der Waals surface area contributed by atoms with Crippen LogP contribution < -0.4 is 0 Å². The summed E-state index contributed by atoms with van der Waals surface area (Å²) in [6.07, 6.45) is 0.976. The Balaban J connectivity index is 2.00. The van der Waals surface area contributed by atoms with Crippen LogP contribution in [0.4, 0.5) is 0 Å². The zero-order valence-electron chi connectivity index (χ0n) is 9.50. The van der Waals surface area contributed by atoms with Crippen LogP contribution in [0.25, 0.3) is 0 Å². The van der Waals surface area contributed by atoms with Crippen molar-refractivity contribution in [1.29, 1.82) is 0 Å². The highest BCUT2D eigenvalue weighted by atomic mass is 32.2. The van der Waals surface area contributed by atoms with Crippen molar-refractivity contribution in [2.45, 2.75) is 24.0 Å². The van der Waals surface area contributed by atoms with Crippen molar-refractivity contribution in [3.63, 3.8) is 0 Å². The van der Waals surface area contributed by atoms with Gasteiger partial charge in [-0.25, -0.2) is 0 Å². The molecule has 1 aliphatic rings. The van der Waals surface area contributed by atoms with E-state index in [1.165, 1.54) is 17.9 Å². The summed E-state index contributed by atoms with van der Waals surface area (Å²) in [6, 6.07) is 10.0. The molecule has 0 saturated carbocycles. The van der Waals surface area contributed by atoms with Gasteiger partial charge in [-0.05, 0) is 23.5 Å². The van der Waals surface area contributed by atoms with E-state index in [1.54, 1.807) is 0 Å². The van der Waals surface area contributed by atoms with E-state index in [-0.39, 0.29) is 6.10 Å². The Morgan fingerprint density at radius 3 is 2.44 bits per heavy atom. The van der Waals surface area contributed by atoms with Gasteiger partial charge in [-0.15, -0.1) is 23.5 Å². The number of rotatable bonds is 3. The highest BCUT2D eigenvalue weighted by molar-refractivity contribution is 8.17. The maximum absolute atomic E-state index is 10.3. The average Bonchev–Trinajstić information content (AvgIpc) is 2.39. The molecule has 1 nitrogen and oxygen atoms in total. The van der Waals surface area contributed by atoms with Gasteiger partial charge in [-0.1, -0.05) is 37.3 Å². The van der Waals surface area contributed by atoms with Crippen molar-refractivity contribution >= 4 is 23.5 Å². The fourth-order valence-electron chi connectivity index (χ4n) is 1.91. The van der Waals surface area contributed by atoms with Gasteiger partial charge in [-0.2, -0.15) is 0 Å². The summed E-state index contributed by atoms with van der Waals surface area (Å²) in [5, 5.41) is 10.3. The summed E-state index contributed by atoms with van der Waals surface area (Å²) >= 11 is 3.99. The Morgan fingerprint density at radius 1 is 1.19 bits per heavy atom. The van der Waals surface area contributed by atoms with E-state index < -0.39 is 0 Å². The van der Waals surface area contributed by atoms with Crippen LogP contribution in [0.15, 0.2) is 30.3 Å². The molecule has 2 atom stereocenters. The van der Waals surface area contributed by atoms with Crippen LogP contribution in [-0.2, 0) is 0 Å². The van der Waals surface area contributed by atoms with Gasteiger partial charge >= 0.3 is 0 Å². The lowest BCUT2D eigenvalue weighted by Crippen LogP contribution is -2.22. The number of hydrogen-bond donors (Lipinski definition) is 1. The average molecular weight is 254 g/mol. The lowest BCUT2D eigenvalue weighted by Gasteiger charge is -2.30. The Morgan fingerprint density at radius 2 is 1.81 bits per heavy atom. The van der Waals surface area contributed by atoms with Crippen LogP contribution in [0.5, 0.6) is 0 Å². The first kappa shape index (κ1) is 12.3. The first-order valence-corrected chi connectivity index (χ1v) is 7.85. The van der Waals surface area contributed by atoms with E-state index in [0.717, 1.165) is 5.56 Å². The van der Waals surface area contributed by atoms with Crippen LogP contribution in [-0.4, -0.2) is 21.2 Å². The smallest absolute Gasteiger partial charge is 0.0834 e. The van der Waals surface area contributed by atoms with Crippen molar-refractivity contribution in [3.8, 4) is 0 Å².